The van der Waals surface area contributed by atoms with Gasteiger partial charge in [0.2, 0.25) is 0 Å². The molecule has 1 atom stereocenters. The monoisotopic (exact) mass is 323 g/mol. The molecule has 0 aliphatic carbocycles. The van der Waals surface area contributed by atoms with E-state index in [0.717, 1.165) is 17.9 Å². The van der Waals surface area contributed by atoms with Gasteiger partial charge < -0.3 is 4.74 Å². The minimum absolute atomic E-state index is 0.277. The SMILES string of the molecule is CCC(Br)c1cn(CCOc2ccc(C)cc2)nn1. The normalized spacial score (nSPS) is 12.4. The lowest BCUT2D eigenvalue weighted by Gasteiger charge is -2.06. The Morgan fingerprint density at radius 2 is 2.05 bits per heavy atom. The van der Waals surface area contributed by atoms with Crippen LogP contribution in [-0.2, 0) is 6.54 Å². The average Bonchev–Trinajstić information content (AvgIpc) is 2.89. The van der Waals surface area contributed by atoms with Crippen molar-refractivity contribution in [2.45, 2.75) is 31.6 Å². The molecule has 0 N–H and O–H groups in total. The Balaban J connectivity index is 1.82. The summed E-state index contributed by atoms with van der Waals surface area (Å²) in [5.41, 5.74) is 2.20. The van der Waals surface area contributed by atoms with E-state index in [0.29, 0.717) is 13.2 Å². The Bertz CT molecular complexity index is 510. The van der Waals surface area contributed by atoms with Crippen molar-refractivity contribution >= 4 is 15.9 Å². The first-order valence-electron chi connectivity index (χ1n) is 6.42. The lowest BCUT2D eigenvalue weighted by molar-refractivity contribution is 0.289. The van der Waals surface area contributed by atoms with Gasteiger partial charge in [-0.2, -0.15) is 0 Å². The zero-order valence-electron chi connectivity index (χ0n) is 11.2. The fourth-order valence-electron chi connectivity index (χ4n) is 1.67. The van der Waals surface area contributed by atoms with E-state index in [4.69, 9.17) is 4.74 Å². The highest BCUT2D eigenvalue weighted by Gasteiger charge is 2.09. The Morgan fingerprint density at radius 3 is 2.74 bits per heavy atom. The first kappa shape index (κ1) is 14.1. The topological polar surface area (TPSA) is 39.9 Å². The summed E-state index contributed by atoms with van der Waals surface area (Å²) >= 11 is 3.56. The van der Waals surface area contributed by atoms with E-state index in [1.807, 2.05) is 35.1 Å². The van der Waals surface area contributed by atoms with Gasteiger partial charge >= 0.3 is 0 Å². The van der Waals surface area contributed by atoms with Crippen molar-refractivity contribution < 1.29 is 4.74 Å². The number of ether oxygens (including phenoxy) is 1. The van der Waals surface area contributed by atoms with E-state index in [1.165, 1.54) is 5.56 Å². The van der Waals surface area contributed by atoms with Crippen LogP contribution in [0.1, 0.15) is 29.4 Å². The Morgan fingerprint density at radius 1 is 1.32 bits per heavy atom. The van der Waals surface area contributed by atoms with Gasteiger partial charge in [-0.25, -0.2) is 4.68 Å². The van der Waals surface area contributed by atoms with Crippen molar-refractivity contribution in [2.75, 3.05) is 6.61 Å². The van der Waals surface area contributed by atoms with Crippen molar-refractivity contribution in [3.63, 3.8) is 0 Å². The highest BCUT2D eigenvalue weighted by Crippen LogP contribution is 2.23. The van der Waals surface area contributed by atoms with Gasteiger partial charge in [-0.1, -0.05) is 45.8 Å². The van der Waals surface area contributed by atoms with E-state index >= 15 is 0 Å². The molecule has 1 heterocycles. The van der Waals surface area contributed by atoms with Crippen molar-refractivity contribution in [3.05, 3.63) is 41.7 Å². The molecule has 102 valence electrons. The second-order valence-electron chi connectivity index (χ2n) is 4.44. The second-order valence-corrected chi connectivity index (χ2v) is 5.55. The number of hydrogen-bond donors (Lipinski definition) is 0. The quantitative estimate of drug-likeness (QED) is 0.764. The standard InChI is InChI=1S/C14H18BrN3O/c1-3-13(15)14-10-18(17-16-14)8-9-19-12-6-4-11(2)5-7-12/h4-7,10,13H,3,8-9H2,1-2H3. The first-order chi connectivity index (χ1) is 9.19. The predicted octanol–water partition coefficient (Wildman–Crippen LogP) is 3.51. The average molecular weight is 324 g/mol. The molecule has 2 aromatic rings. The Hall–Kier alpha value is -1.36. The van der Waals surface area contributed by atoms with Gasteiger partial charge in [-0.05, 0) is 25.5 Å². The molecular formula is C14H18BrN3O. The summed E-state index contributed by atoms with van der Waals surface area (Å²) in [7, 11) is 0. The maximum Gasteiger partial charge on any atom is 0.119 e. The summed E-state index contributed by atoms with van der Waals surface area (Å²) in [4.78, 5) is 0.277. The summed E-state index contributed by atoms with van der Waals surface area (Å²) in [6.45, 7) is 5.46. The van der Waals surface area contributed by atoms with Crippen molar-refractivity contribution in [1.29, 1.82) is 0 Å². The number of nitrogens with zero attached hydrogens (tertiary/aromatic N) is 3. The van der Waals surface area contributed by atoms with Crippen LogP contribution in [-0.4, -0.2) is 21.6 Å². The lowest BCUT2D eigenvalue weighted by Crippen LogP contribution is -2.08. The molecule has 5 heteroatoms. The molecule has 0 spiro atoms. The van der Waals surface area contributed by atoms with E-state index < -0.39 is 0 Å². The summed E-state index contributed by atoms with van der Waals surface area (Å²) in [6, 6.07) is 8.04. The second kappa shape index (κ2) is 6.70. The van der Waals surface area contributed by atoms with Crippen LogP contribution >= 0.6 is 15.9 Å². The first-order valence-corrected chi connectivity index (χ1v) is 7.34. The number of hydrogen-bond acceptors (Lipinski definition) is 3. The molecule has 0 saturated heterocycles. The number of aromatic nitrogens is 3. The maximum atomic E-state index is 5.66. The molecule has 1 aromatic carbocycles. The van der Waals surface area contributed by atoms with Gasteiger partial charge in [0.15, 0.2) is 0 Å². The van der Waals surface area contributed by atoms with Crippen LogP contribution in [0.15, 0.2) is 30.5 Å². The number of rotatable bonds is 6. The third kappa shape index (κ3) is 4.06. The molecule has 0 bridgehead atoms. The molecule has 0 aliphatic heterocycles. The van der Waals surface area contributed by atoms with Gasteiger partial charge in [0.1, 0.15) is 12.4 Å². The summed E-state index contributed by atoms with van der Waals surface area (Å²) in [6.07, 6.45) is 2.96. The van der Waals surface area contributed by atoms with Crippen LogP contribution in [0.4, 0.5) is 0 Å². The third-order valence-corrected chi connectivity index (χ3v) is 3.96. The van der Waals surface area contributed by atoms with Crippen LogP contribution in [0.2, 0.25) is 0 Å². The molecule has 4 nitrogen and oxygen atoms in total. The third-order valence-electron chi connectivity index (χ3n) is 2.85. The highest BCUT2D eigenvalue weighted by molar-refractivity contribution is 9.09. The minimum Gasteiger partial charge on any atom is -0.492 e. The number of benzene rings is 1. The van der Waals surface area contributed by atoms with Crippen LogP contribution in [0.3, 0.4) is 0 Å². The van der Waals surface area contributed by atoms with Gasteiger partial charge in [-0.3, -0.25) is 0 Å². The molecule has 1 unspecified atom stereocenters. The predicted molar refractivity (Wildman–Crippen MR) is 78.7 cm³/mol. The number of aryl methyl sites for hydroxylation is 1. The zero-order valence-corrected chi connectivity index (χ0v) is 12.8. The lowest BCUT2D eigenvalue weighted by atomic mass is 10.2. The Kier molecular flexibility index (Phi) is 4.96. The van der Waals surface area contributed by atoms with Gasteiger partial charge in [0.05, 0.1) is 17.1 Å². The molecule has 1 aromatic heterocycles. The van der Waals surface area contributed by atoms with Crippen LogP contribution in [0, 0.1) is 6.92 Å². The van der Waals surface area contributed by atoms with E-state index in [1.54, 1.807) is 0 Å². The fourth-order valence-corrected chi connectivity index (χ4v) is 1.88. The van der Waals surface area contributed by atoms with Crippen molar-refractivity contribution in [3.8, 4) is 5.75 Å². The molecular weight excluding hydrogens is 306 g/mol. The molecule has 19 heavy (non-hydrogen) atoms. The number of alkyl halides is 1. The van der Waals surface area contributed by atoms with Crippen molar-refractivity contribution in [1.82, 2.24) is 15.0 Å². The van der Waals surface area contributed by atoms with Crippen LogP contribution in [0.5, 0.6) is 5.75 Å². The minimum atomic E-state index is 0.277. The van der Waals surface area contributed by atoms with Gasteiger partial charge in [0, 0.05) is 6.20 Å². The molecule has 0 amide bonds. The number of halogens is 1. The fraction of sp³-hybridized carbons (Fsp3) is 0.429. The summed E-state index contributed by atoms with van der Waals surface area (Å²) in [5.74, 6) is 0.887. The smallest absolute Gasteiger partial charge is 0.119 e. The van der Waals surface area contributed by atoms with E-state index in [-0.39, 0.29) is 4.83 Å². The molecule has 0 aliphatic rings. The Labute approximate surface area is 121 Å². The summed E-state index contributed by atoms with van der Waals surface area (Å²) in [5, 5.41) is 8.22. The van der Waals surface area contributed by atoms with E-state index in [2.05, 4.69) is 40.1 Å². The van der Waals surface area contributed by atoms with Crippen molar-refractivity contribution in [2.24, 2.45) is 0 Å². The largest absolute Gasteiger partial charge is 0.492 e. The van der Waals surface area contributed by atoms with E-state index in [9.17, 15) is 0 Å². The van der Waals surface area contributed by atoms with Crippen LogP contribution in [0.25, 0.3) is 0 Å². The molecule has 2 rings (SSSR count). The molecule has 0 fully saturated rings. The van der Waals surface area contributed by atoms with Crippen LogP contribution < -0.4 is 4.74 Å². The van der Waals surface area contributed by atoms with Gasteiger partial charge in [-0.15, -0.1) is 5.10 Å². The molecule has 0 saturated carbocycles. The maximum absolute atomic E-state index is 5.66. The van der Waals surface area contributed by atoms with Gasteiger partial charge in [0.25, 0.3) is 0 Å². The summed E-state index contributed by atoms with van der Waals surface area (Å²) < 4.78 is 7.47. The zero-order chi connectivity index (χ0) is 13.7. The highest BCUT2D eigenvalue weighted by atomic mass is 79.9. The molecule has 0 radical (unpaired) electrons.